The Bertz CT molecular complexity index is 2140. The summed E-state index contributed by atoms with van der Waals surface area (Å²) in [6, 6.07) is -1.00. The minimum Gasteiger partial charge on any atom is -0.394 e. The van der Waals surface area contributed by atoms with Crippen molar-refractivity contribution in [1.29, 1.82) is 0 Å². The molecule has 19 heteroatoms. The number of carbonyl (C=O) groups is 1. The summed E-state index contributed by atoms with van der Waals surface area (Å²) in [7, 11) is 0. The second-order valence-corrected chi connectivity index (χ2v) is 28.1. The van der Waals surface area contributed by atoms with Crippen LogP contribution in [0.1, 0.15) is 290 Å². The predicted molar refractivity (Wildman–Crippen MR) is 397 cm³/mol. The van der Waals surface area contributed by atoms with E-state index in [0.717, 1.165) is 70.6 Å². The molecule has 1 amide bonds. The molecule has 12 N–H and O–H groups in total. The number of carbonyl (C=O) groups excluding carboxylic acids is 1. The molecule has 0 aliphatic carbocycles. The minimum atomic E-state index is -1.99. The maximum absolute atomic E-state index is 13.5. The van der Waals surface area contributed by atoms with Crippen LogP contribution in [-0.4, -0.2) is 193 Å². The number of rotatable bonds is 62. The van der Waals surface area contributed by atoms with Crippen LogP contribution in [0.5, 0.6) is 0 Å². The van der Waals surface area contributed by atoms with Gasteiger partial charge >= 0.3 is 0 Å². The van der Waals surface area contributed by atoms with E-state index in [-0.39, 0.29) is 18.9 Å². The number of unbranched alkanes of at least 4 members (excludes halogenated alkanes) is 34. The summed E-state index contributed by atoms with van der Waals surface area (Å²) in [4.78, 5) is 13.5. The average molecular weight is 1420 g/mol. The molecule has 0 aromatic rings. The number of aliphatic hydroxyl groups excluding tert-OH is 11. The van der Waals surface area contributed by atoms with Crippen LogP contribution in [0.3, 0.4) is 0 Å². The van der Waals surface area contributed by atoms with E-state index in [9.17, 15) is 61.0 Å². The molecule has 17 unspecified atom stereocenters. The van der Waals surface area contributed by atoms with Gasteiger partial charge in [0.25, 0.3) is 0 Å². The average Bonchev–Trinajstić information content (AvgIpc) is 0.783. The van der Waals surface area contributed by atoms with Crippen molar-refractivity contribution in [2.75, 3.05) is 26.4 Å². The van der Waals surface area contributed by atoms with Crippen molar-refractivity contribution in [2.45, 2.75) is 394 Å². The number of amides is 1. The molecule has 0 bridgehead atoms. The van der Waals surface area contributed by atoms with Gasteiger partial charge in [-0.05, 0) is 83.5 Å². The van der Waals surface area contributed by atoms with E-state index >= 15 is 0 Å². The Labute approximate surface area is 603 Å². The molecule has 3 fully saturated rings. The van der Waals surface area contributed by atoms with Gasteiger partial charge in [-0.1, -0.05) is 285 Å². The van der Waals surface area contributed by atoms with Crippen LogP contribution in [-0.2, 0) is 33.2 Å². The number of allylic oxidation sites excluding steroid dienone is 13. The summed E-state index contributed by atoms with van der Waals surface area (Å²) in [5, 5.41) is 121. The van der Waals surface area contributed by atoms with E-state index in [1.54, 1.807) is 6.08 Å². The van der Waals surface area contributed by atoms with Crippen LogP contribution in [0, 0.1) is 0 Å². The Morgan fingerprint density at radius 1 is 0.370 bits per heavy atom. The van der Waals surface area contributed by atoms with E-state index in [2.05, 4.69) is 92.1 Å². The maximum Gasteiger partial charge on any atom is 0.220 e. The van der Waals surface area contributed by atoms with Crippen molar-refractivity contribution >= 4 is 5.91 Å². The van der Waals surface area contributed by atoms with Crippen LogP contribution in [0.2, 0.25) is 0 Å². The molecule has 0 saturated carbocycles. The third-order valence-electron chi connectivity index (χ3n) is 19.4. The zero-order chi connectivity index (χ0) is 72.5. The Balaban J connectivity index is 1.40. The summed E-state index contributed by atoms with van der Waals surface area (Å²) in [6.45, 7) is 1.62. The Morgan fingerprint density at radius 2 is 0.700 bits per heavy atom. The quantitative estimate of drug-likeness (QED) is 0.0199. The number of aliphatic hydroxyl groups is 11. The van der Waals surface area contributed by atoms with Crippen molar-refractivity contribution in [1.82, 2.24) is 5.32 Å². The third-order valence-corrected chi connectivity index (χ3v) is 19.4. The molecule has 0 aromatic carbocycles. The molecule has 17 atom stereocenters. The highest BCUT2D eigenvalue weighted by Gasteiger charge is 2.53. The van der Waals surface area contributed by atoms with E-state index in [1.807, 2.05) is 6.08 Å². The lowest BCUT2D eigenvalue weighted by molar-refractivity contribution is -0.379. The fourth-order valence-corrected chi connectivity index (χ4v) is 13.0. The maximum atomic E-state index is 13.5. The van der Waals surface area contributed by atoms with Gasteiger partial charge in [-0.3, -0.25) is 4.79 Å². The summed E-state index contributed by atoms with van der Waals surface area (Å²) in [5.41, 5.74) is 0. The monoisotopic (exact) mass is 1420 g/mol. The lowest BCUT2D eigenvalue weighted by atomic mass is 9.96. The Kier molecular flexibility index (Phi) is 55.8. The van der Waals surface area contributed by atoms with Gasteiger partial charge in [-0.2, -0.15) is 0 Å². The van der Waals surface area contributed by atoms with Gasteiger partial charge in [-0.15, -0.1) is 0 Å². The molecule has 3 saturated heterocycles. The van der Waals surface area contributed by atoms with E-state index in [0.29, 0.717) is 12.8 Å². The lowest BCUT2D eigenvalue weighted by Gasteiger charge is -2.48. The molecule has 3 rings (SSSR count). The summed E-state index contributed by atoms with van der Waals surface area (Å²) >= 11 is 0. The van der Waals surface area contributed by atoms with Crippen LogP contribution in [0.25, 0.3) is 0 Å². The molecule has 19 nitrogen and oxygen atoms in total. The van der Waals surface area contributed by atoms with Gasteiger partial charge in [0, 0.05) is 6.42 Å². The van der Waals surface area contributed by atoms with Gasteiger partial charge in [0.1, 0.15) is 73.2 Å². The first-order valence-corrected chi connectivity index (χ1v) is 39.8. The van der Waals surface area contributed by atoms with Gasteiger partial charge in [0.2, 0.25) is 5.91 Å². The fraction of sp³-hybridized carbons (Fsp3) is 0.815. The second-order valence-electron chi connectivity index (χ2n) is 28.1. The molecule has 0 radical (unpaired) electrons. The topological polar surface area (TPSA) is 307 Å². The zero-order valence-electron chi connectivity index (χ0n) is 61.9. The largest absolute Gasteiger partial charge is 0.394 e. The van der Waals surface area contributed by atoms with E-state index < -0.39 is 124 Å². The SMILES string of the molecule is CC/C=C\C/C=C\C/C=C\C/C=C\CCCCCCCCCCCCCCCCCCC(=O)NC(COC1OC(CO)C(OC2OC(CO)C(OC3OC(CO)C(O)C(O)C3O)C(O)C2O)C(O)C1O)C(O)/C=C/CC/C=C/CC/C=C/CCCCCCCCCCCCCCCCCC. The molecule has 3 aliphatic rings. The van der Waals surface area contributed by atoms with E-state index in [1.165, 1.54) is 186 Å². The van der Waals surface area contributed by atoms with Gasteiger partial charge < -0.3 is 89.9 Å². The molecule has 100 heavy (non-hydrogen) atoms. The number of hydrogen-bond donors (Lipinski definition) is 12. The van der Waals surface area contributed by atoms with Gasteiger partial charge in [0.05, 0.1) is 38.6 Å². The van der Waals surface area contributed by atoms with Gasteiger partial charge in [-0.25, -0.2) is 0 Å². The Hall–Kier alpha value is -3.03. The van der Waals surface area contributed by atoms with Crippen molar-refractivity contribution in [3.05, 3.63) is 85.1 Å². The molecule has 3 heterocycles. The molecule has 3 aliphatic heterocycles. The third kappa shape index (κ3) is 41.0. The zero-order valence-corrected chi connectivity index (χ0v) is 61.9. The smallest absolute Gasteiger partial charge is 0.220 e. The highest BCUT2D eigenvalue weighted by molar-refractivity contribution is 5.76. The number of hydrogen-bond acceptors (Lipinski definition) is 18. The van der Waals surface area contributed by atoms with Crippen molar-refractivity contribution in [3.8, 4) is 0 Å². The first-order chi connectivity index (χ1) is 48.8. The normalized spacial score (nSPS) is 26.9. The van der Waals surface area contributed by atoms with Crippen LogP contribution in [0.4, 0.5) is 0 Å². The van der Waals surface area contributed by atoms with Crippen LogP contribution in [0.15, 0.2) is 85.1 Å². The summed E-state index contributed by atoms with van der Waals surface area (Å²) < 4.78 is 34.4. The fourth-order valence-electron chi connectivity index (χ4n) is 13.0. The Morgan fingerprint density at radius 3 is 1.12 bits per heavy atom. The minimum absolute atomic E-state index is 0.229. The summed E-state index contributed by atoms with van der Waals surface area (Å²) in [6.07, 6.45) is 54.3. The van der Waals surface area contributed by atoms with Crippen molar-refractivity contribution < 1.29 is 89.4 Å². The molecular weight excluding hydrogens is 1270 g/mol. The highest BCUT2D eigenvalue weighted by atomic mass is 16.8. The van der Waals surface area contributed by atoms with Crippen molar-refractivity contribution in [2.24, 2.45) is 0 Å². The van der Waals surface area contributed by atoms with Gasteiger partial charge in [0.15, 0.2) is 18.9 Å². The first kappa shape index (κ1) is 91.2. The summed E-state index contributed by atoms with van der Waals surface area (Å²) in [5.74, 6) is -0.289. The van der Waals surface area contributed by atoms with Crippen molar-refractivity contribution in [3.63, 3.8) is 0 Å². The molecule has 0 aromatic heterocycles. The second kappa shape index (κ2) is 61.2. The van der Waals surface area contributed by atoms with E-state index in [4.69, 9.17) is 28.4 Å². The number of nitrogens with one attached hydrogen (secondary N) is 1. The lowest BCUT2D eigenvalue weighted by Crippen LogP contribution is -2.66. The highest BCUT2D eigenvalue weighted by Crippen LogP contribution is 2.33. The molecule has 0 spiro atoms. The molecule has 580 valence electrons. The standard InChI is InChI=1S/C81H143NO18/c1-3-5-7-9-11-13-15-17-19-21-23-25-27-29-31-32-33-35-37-39-41-43-45-47-49-51-53-55-57-59-69(87)82-64(65(86)58-56-54-52-50-48-46-44-42-40-38-36-34-30-28-26-24-22-20-18-16-14-12-10-8-6-4-2)63-95-79-75(93)72(90)77(67(61-84)97-79)100-81-76(94)73(91)78(68(62-85)98-81)99-80-74(92)71(89)70(88)66(60-83)96-80/h5,7,11,13,17,19,23,25,40,42,48,50,56,58,64-68,70-81,83-86,88-94H,3-4,6,8-10,12,14-16,18,20-22,24,26-39,41,43-47,49,51-55,57,59-63H2,1-2H3,(H,82,87)/b7-5-,13-11-,19-17-,25-23-,42-40+,50-48+,58-56+. The molecular formula is C81H143NO18. The predicted octanol–water partition coefficient (Wildman–Crippen LogP) is 13.0. The number of ether oxygens (including phenoxy) is 6. The first-order valence-electron chi connectivity index (χ1n) is 39.8. The van der Waals surface area contributed by atoms with Crippen LogP contribution < -0.4 is 5.32 Å². The van der Waals surface area contributed by atoms with Crippen LogP contribution >= 0.6 is 0 Å².